The first-order valence-corrected chi connectivity index (χ1v) is 19.4. The van der Waals surface area contributed by atoms with Gasteiger partial charge in [-0.25, -0.2) is 33.7 Å². The highest BCUT2D eigenvalue weighted by Crippen LogP contribution is 2.48. The summed E-state index contributed by atoms with van der Waals surface area (Å²) in [5, 5.41) is 0. The van der Waals surface area contributed by atoms with Gasteiger partial charge in [0.2, 0.25) is 0 Å². The van der Waals surface area contributed by atoms with Gasteiger partial charge in [0.1, 0.15) is 5.71 Å². The van der Waals surface area contributed by atoms with Crippen LogP contribution in [0.4, 0.5) is 61.3 Å². The van der Waals surface area contributed by atoms with Gasteiger partial charge in [-0.15, -0.1) is 0 Å². The molecular weight excluding hydrogens is 825 g/mol. The van der Waals surface area contributed by atoms with Crippen LogP contribution in [0.1, 0.15) is 49.7 Å². The second kappa shape index (κ2) is 11.9. The summed E-state index contributed by atoms with van der Waals surface area (Å²) in [7, 11) is -29.0. The van der Waals surface area contributed by atoms with Crippen LogP contribution in [0.15, 0.2) is 16.8 Å². The van der Waals surface area contributed by atoms with Gasteiger partial charge in [-0.05, 0) is 44.5 Å². The molecule has 10 nitrogen and oxygen atoms in total. The fourth-order valence-corrected chi connectivity index (χ4v) is 12.8. The van der Waals surface area contributed by atoms with Crippen molar-refractivity contribution in [3.8, 4) is 0 Å². The first-order valence-electron chi connectivity index (χ1n) is 13.2. The summed E-state index contributed by atoms with van der Waals surface area (Å²) in [4.78, 5) is 0. The molecule has 3 heterocycles. The van der Waals surface area contributed by atoms with Crippen molar-refractivity contribution >= 4 is 57.6 Å². The molecular formula is C22H21BF14N2O8S4. The van der Waals surface area contributed by atoms with Gasteiger partial charge in [-0.1, -0.05) is 0 Å². The second-order valence-corrected chi connectivity index (χ2v) is 20.3. The van der Waals surface area contributed by atoms with Gasteiger partial charge < -0.3 is 17.6 Å². The van der Waals surface area contributed by atoms with E-state index in [2.05, 4.69) is 0 Å². The van der Waals surface area contributed by atoms with E-state index in [0.29, 0.717) is 13.8 Å². The molecule has 0 amide bonds. The Morgan fingerprint density at radius 2 is 0.922 bits per heavy atom. The van der Waals surface area contributed by atoms with E-state index in [1.165, 1.54) is 0 Å². The Morgan fingerprint density at radius 3 is 1.25 bits per heavy atom. The number of hydrogen-bond acceptors (Lipinski definition) is 8. The Labute approximate surface area is 279 Å². The normalized spacial score (nSPS) is 18.4. The molecule has 292 valence electrons. The number of aromatic nitrogens is 1. The van der Waals surface area contributed by atoms with E-state index in [-0.39, 0.29) is 8.96 Å². The molecule has 3 rings (SSSR count). The molecule has 0 N–H and O–H groups in total. The average molecular weight is 846 g/mol. The van der Waals surface area contributed by atoms with E-state index in [1.807, 2.05) is 0 Å². The third-order valence-electron chi connectivity index (χ3n) is 8.44. The molecule has 0 aromatic carbocycles. The van der Waals surface area contributed by atoms with Crippen molar-refractivity contribution < 1.29 is 99.5 Å². The summed E-state index contributed by atoms with van der Waals surface area (Å²) in [6.45, 7) is -1.98. The molecule has 0 radical (unpaired) electrons. The first kappa shape index (κ1) is 42.7. The molecule has 0 atom stereocenters. The fourth-order valence-electron chi connectivity index (χ4n) is 6.05. The molecule has 2 aliphatic heterocycles. The third-order valence-corrected chi connectivity index (χ3v) is 17.5. The first-order chi connectivity index (χ1) is 22.3. The van der Waals surface area contributed by atoms with Crippen LogP contribution < -0.4 is 0 Å². The number of rotatable bonds is 8. The monoisotopic (exact) mass is 846 g/mol. The topological polar surface area (TPSA) is 144 Å². The molecule has 2 aliphatic rings. The molecule has 1 aromatic heterocycles. The predicted octanol–water partition coefficient (Wildman–Crippen LogP) is 5.20. The number of fused-ring (bicyclic) bond motifs is 2. The van der Waals surface area contributed by atoms with Crippen LogP contribution in [-0.4, -0.2) is 86.5 Å². The molecule has 29 heteroatoms. The Kier molecular flexibility index (Phi) is 9.98. The van der Waals surface area contributed by atoms with E-state index in [9.17, 15) is 86.4 Å². The lowest BCUT2D eigenvalue weighted by Crippen LogP contribution is -2.51. The van der Waals surface area contributed by atoms with Crippen LogP contribution in [0.3, 0.4) is 0 Å². The molecule has 0 saturated carbocycles. The van der Waals surface area contributed by atoms with Gasteiger partial charge in [0.25, 0.3) is 39.3 Å². The Morgan fingerprint density at radius 1 is 0.588 bits per heavy atom. The maximum absolute atomic E-state index is 16.4. The van der Waals surface area contributed by atoms with E-state index < -0.39 is 141 Å². The Balaban J connectivity index is 2.40. The average Bonchev–Trinajstić information content (AvgIpc) is 3.31. The lowest BCUT2D eigenvalue weighted by molar-refractivity contribution is -0.363. The minimum Gasteiger partial charge on any atom is -0.393 e. The van der Waals surface area contributed by atoms with Gasteiger partial charge in [0.15, 0.2) is 14.9 Å². The van der Waals surface area contributed by atoms with Crippen molar-refractivity contribution in [2.45, 2.75) is 78.7 Å². The summed E-state index contributed by atoms with van der Waals surface area (Å²) in [5.41, 5.74) is -34.2. The number of nitrogens with zero attached hydrogens (tertiary/aromatic N) is 2. The molecule has 0 fully saturated rings. The quantitative estimate of drug-likeness (QED) is 0.257. The van der Waals surface area contributed by atoms with Crippen molar-refractivity contribution in [3.63, 3.8) is 0 Å². The largest absolute Gasteiger partial charge is 0.737 e. The Bertz CT molecular complexity index is 2150. The third kappa shape index (κ3) is 6.19. The van der Waals surface area contributed by atoms with Gasteiger partial charge in [-0.3, -0.25) is 0 Å². The van der Waals surface area contributed by atoms with Crippen molar-refractivity contribution in [1.29, 1.82) is 0 Å². The molecule has 0 bridgehead atoms. The van der Waals surface area contributed by atoms with E-state index >= 15 is 8.63 Å². The maximum Gasteiger partial charge on any atom is 0.737 e. The lowest BCUT2D eigenvalue weighted by atomic mass is 9.86. The fraction of sp³-hybridized carbons (Fsp3) is 0.591. The van der Waals surface area contributed by atoms with E-state index in [1.54, 1.807) is 0 Å². The van der Waals surface area contributed by atoms with Gasteiger partial charge >= 0.3 is 29.0 Å². The van der Waals surface area contributed by atoms with Crippen LogP contribution in [0.2, 0.25) is 0 Å². The highest BCUT2D eigenvalue weighted by Gasteiger charge is 2.65. The minimum absolute atomic E-state index is 0.0862. The number of hydrogen-bond donors (Lipinski definition) is 0. The van der Waals surface area contributed by atoms with Crippen LogP contribution >= 0.6 is 0 Å². The van der Waals surface area contributed by atoms with E-state index in [4.69, 9.17) is 0 Å². The predicted molar refractivity (Wildman–Crippen MR) is 149 cm³/mol. The Hall–Kier alpha value is -2.69. The van der Waals surface area contributed by atoms with Crippen LogP contribution in [0.25, 0.3) is 5.57 Å². The molecule has 0 aliphatic carbocycles. The lowest BCUT2D eigenvalue weighted by Gasteiger charge is -2.33. The summed E-state index contributed by atoms with van der Waals surface area (Å²) >= 11 is 0. The number of sulfone groups is 4. The van der Waals surface area contributed by atoms with Crippen molar-refractivity contribution in [3.05, 3.63) is 39.4 Å². The minimum atomic E-state index is -7.24. The van der Waals surface area contributed by atoms with Crippen LogP contribution in [0, 0.1) is 13.8 Å². The van der Waals surface area contributed by atoms with Crippen molar-refractivity contribution in [2.75, 3.05) is 0 Å². The summed E-state index contributed by atoms with van der Waals surface area (Å²) in [5.74, 6) is 0. The smallest absolute Gasteiger partial charge is 0.393 e. The maximum atomic E-state index is 16.4. The van der Waals surface area contributed by atoms with Crippen LogP contribution in [-0.2, 0) is 45.8 Å². The van der Waals surface area contributed by atoms with Crippen molar-refractivity contribution in [2.24, 2.45) is 0 Å². The molecule has 51 heavy (non-hydrogen) atoms. The zero-order valence-corrected chi connectivity index (χ0v) is 29.0. The number of halogens is 14. The van der Waals surface area contributed by atoms with E-state index in [0.717, 1.165) is 20.8 Å². The molecule has 0 saturated heterocycles. The zero-order valence-electron chi connectivity index (χ0n) is 25.7. The highest BCUT2D eigenvalue weighted by molar-refractivity contribution is 8.10. The molecule has 0 unspecified atom stereocenters. The van der Waals surface area contributed by atoms with Gasteiger partial charge in [-0.2, -0.15) is 52.7 Å². The van der Waals surface area contributed by atoms with Crippen molar-refractivity contribution in [1.82, 2.24) is 4.48 Å². The summed E-state index contributed by atoms with van der Waals surface area (Å²) < 4.78 is 282. The molecule has 1 aromatic rings. The van der Waals surface area contributed by atoms with Crippen LogP contribution in [0.5, 0.6) is 0 Å². The van der Waals surface area contributed by atoms with Gasteiger partial charge in [0.05, 0.1) is 0 Å². The zero-order chi connectivity index (χ0) is 40.4. The molecule has 0 spiro atoms. The summed E-state index contributed by atoms with van der Waals surface area (Å²) in [6, 6.07) is 0. The summed E-state index contributed by atoms with van der Waals surface area (Å²) in [6.07, 6.45) is -4.38. The number of allylic oxidation sites excluding steroid dienone is 3. The van der Waals surface area contributed by atoms with Gasteiger partial charge in [0, 0.05) is 42.2 Å². The number of alkyl halides is 12. The standard InChI is InChI=1S/C22H21BF14N2O8S4/c1-8-13(6-15(48(40,41)19(24,25)26)49(42,43)20(27,28)29)11(4)38-17(8)10(3)18-9(2)14(12(5)39(18)23(38,36)37)7-16(50(44,45)21(30,31)32)51(46,47)22(33,34)35/h15-16H,6-7H2,1-5H3. The second-order valence-electron chi connectivity index (χ2n) is 11.3. The SMILES string of the molecule is CC1=C(CC(S(=O)(=O)C(F)(F)F)S(=O)(=O)C(F)(F)F)C(C)=[N+]2C1=C(C)c1c(C)c(CC(S(=O)(=O)C(F)(F)F)S(=O)(=O)C(F)(F)F)c(C)n1[B-]2(F)F. The highest BCUT2D eigenvalue weighted by atomic mass is 32.3.